The van der Waals surface area contributed by atoms with Gasteiger partial charge in [0, 0.05) is 43.4 Å². The number of hydrogen-bond acceptors (Lipinski definition) is 7. The molecule has 12 rings (SSSR count). The molecule has 12 aliphatic rings. The molecule has 0 aromatic carbocycles. The lowest BCUT2D eigenvalue weighted by molar-refractivity contribution is -0.0585. The average molecular weight is 1390 g/mol. The van der Waals surface area contributed by atoms with Crippen molar-refractivity contribution >= 4 is 64.6 Å². The van der Waals surface area contributed by atoms with E-state index in [2.05, 4.69) is 115 Å². The predicted octanol–water partition coefficient (Wildman–Crippen LogP) is 20.8. The molecule has 0 spiro atoms. The Balaban J connectivity index is 0.000000336. The maximum atomic E-state index is 12.7. The minimum Gasteiger partial charge on any atom is -0.313 e. The molecule has 1 N–H and O–H groups in total. The van der Waals surface area contributed by atoms with Crippen molar-refractivity contribution in [1.82, 2.24) is 13.9 Å². The molecule has 12 aliphatic carbocycles. The smallest absolute Gasteiger partial charge is 0.232 e. The van der Waals surface area contributed by atoms with Crippen molar-refractivity contribution in [2.45, 2.75) is 277 Å². The van der Waals surface area contributed by atoms with Crippen LogP contribution in [0.2, 0.25) is 0 Å². The van der Waals surface area contributed by atoms with E-state index in [1.807, 2.05) is 0 Å². The number of sulfonamides is 2. The monoisotopic (exact) mass is 1390 g/mol. The summed E-state index contributed by atoms with van der Waals surface area (Å²) in [6.07, 6.45) is 52.7. The third-order valence-electron chi connectivity index (χ3n) is 22.9. The third-order valence-corrected chi connectivity index (χ3v) is 27.9. The van der Waals surface area contributed by atoms with Gasteiger partial charge in [-0.05, 0) is 345 Å². The van der Waals surface area contributed by atoms with Crippen LogP contribution >= 0.6 is 35.5 Å². The zero-order valence-corrected chi connectivity index (χ0v) is 63.8. The molecule has 0 saturated heterocycles. The Labute approximate surface area is 578 Å². The molecule has 12 saturated carbocycles. The van der Waals surface area contributed by atoms with E-state index in [1.165, 1.54) is 162 Å². The number of nitrogens with one attached hydrogen (secondary N) is 1. The first-order valence-electron chi connectivity index (χ1n) is 36.1. The minimum atomic E-state index is -3.19. The van der Waals surface area contributed by atoms with E-state index in [-0.39, 0.29) is 49.5 Å². The lowest BCUT2D eigenvalue weighted by atomic mass is 9.48. The molecular weight excluding hydrogens is 1250 g/mol. The summed E-state index contributed by atoms with van der Waals surface area (Å²) in [6.45, 7) is 29.2. The number of rotatable bonds is 32. The summed E-state index contributed by atoms with van der Waals surface area (Å²) in [6, 6.07) is 0. The van der Waals surface area contributed by atoms with Crippen LogP contribution in [0.3, 0.4) is 0 Å². The summed E-state index contributed by atoms with van der Waals surface area (Å²) in [5, 5.41) is 3.65. The summed E-state index contributed by atoms with van der Waals surface area (Å²) in [5.41, 5.74) is 9.33. The zero-order valence-electron chi connectivity index (χ0n) is 58.9. The molecular formula is C76H136Cl3N3O6S3. The first-order chi connectivity index (χ1) is 41.6. The molecule has 0 unspecified atom stereocenters. The van der Waals surface area contributed by atoms with Crippen LogP contribution in [0.5, 0.6) is 0 Å². The van der Waals surface area contributed by atoms with Crippen LogP contribution in [0.25, 0.3) is 0 Å². The van der Waals surface area contributed by atoms with Gasteiger partial charge in [0.25, 0.3) is 0 Å². The summed E-state index contributed by atoms with van der Waals surface area (Å²) >= 11 is 0. The average Bonchev–Trinajstić information content (AvgIpc) is 0.802. The molecule has 0 aliphatic heterocycles. The summed E-state index contributed by atoms with van der Waals surface area (Å²) in [5.74, 6) is 11.8. The lowest BCUT2D eigenvalue weighted by Gasteiger charge is -2.57. The van der Waals surface area contributed by atoms with Gasteiger partial charge in [0.15, 0.2) is 0 Å². The second kappa shape index (κ2) is 40.2. The third kappa shape index (κ3) is 28.8. The van der Waals surface area contributed by atoms with E-state index in [9.17, 15) is 25.3 Å². The first-order valence-corrected chi connectivity index (χ1v) is 41.8. The van der Waals surface area contributed by atoms with E-state index >= 15 is 0 Å². The topological polar surface area (TPSA) is 121 Å². The van der Waals surface area contributed by atoms with Gasteiger partial charge in [0.2, 0.25) is 29.1 Å². The molecule has 91 heavy (non-hydrogen) atoms. The minimum absolute atomic E-state index is 0. The normalized spacial score (nSPS) is 30.0. The fourth-order valence-corrected chi connectivity index (χ4v) is 21.6. The van der Waals surface area contributed by atoms with E-state index in [0.29, 0.717) is 37.0 Å². The molecule has 0 atom stereocenters. The van der Waals surface area contributed by atoms with E-state index in [4.69, 9.17) is 0 Å². The van der Waals surface area contributed by atoms with Crippen molar-refractivity contribution in [2.24, 2.45) is 75.9 Å². The second-order valence-electron chi connectivity index (χ2n) is 31.4. The van der Waals surface area contributed by atoms with Gasteiger partial charge in [0.05, 0.1) is 17.3 Å². The van der Waals surface area contributed by atoms with Crippen LogP contribution in [0.15, 0.2) is 69.9 Å². The molecule has 9 nitrogen and oxygen atoms in total. The largest absolute Gasteiger partial charge is 0.313 e. The Hall–Kier alpha value is -0.960. The Morgan fingerprint density at radius 2 is 0.758 bits per heavy atom. The Morgan fingerprint density at radius 3 is 1.05 bits per heavy atom. The Bertz CT molecular complexity index is 2480. The molecule has 12 bridgehead atoms. The molecule has 0 radical (unpaired) electrons. The first kappa shape index (κ1) is 84.3. The highest BCUT2D eigenvalue weighted by Crippen LogP contribution is 2.63. The highest BCUT2D eigenvalue weighted by molar-refractivity contribution is 8.13. The molecule has 530 valence electrons. The molecule has 15 heteroatoms. The van der Waals surface area contributed by atoms with E-state index in [1.54, 1.807) is 54.6 Å². The van der Waals surface area contributed by atoms with Gasteiger partial charge in [0.1, 0.15) is 0 Å². The fraction of sp³-hybridized carbons (Fsp3) is 0.842. The molecule has 0 aromatic rings. The highest BCUT2D eigenvalue weighted by atomic mass is 35.7. The van der Waals surface area contributed by atoms with Gasteiger partial charge >= 0.3 is 0 Å². The second-order valence-corrected chi connectivity index (χ2v) is 39.0. The number of nitrogens with zero attached hydrogens (tertiary/aromatic N) is 2. The Kier molecular flexibility index (Phi) is 37.2. The lowest BCUT2D eigenvalue weighted by Crippen LogP contribution is -2.46. The predicted molar refractivity (Wildman–Crippen MR) is 398 cm³/mol. The number of allylic oxidation sites excluding steroid dienone is 9. The number of hydrogen-bond donors (Lipinski definition) is 1. The van der Waals surface area contributed by atoms with Gasteiger partial charge in [-0.25, -0.2) is 25.3 Å². The van der Waals surface area contributed by atoms with E-state index in [0.717, 1.165) is 110 Å². The van der Waals surface area contributed by atoms with Gasteiger partial charge in [-0.15, -0.1) is 24.8 Å². The van der Waals surface area contributed by atoms with Crippen LogP contribution < -0.4 is 5.32 Å². The van der Waals surface area contributed by atoms with Crippen LogP contribution in [-0.4, -0.2) is 90.4 Å². The SMILES string of the molecule is C.CC(C)=CCC/C(C)=C/CNCCCC1C2CC3CC(C2)CC1C3.CCS(=O)(=O)Cl.CCS(=O)(=O)N(C/C=C(\C)CCC=C(C)C)CCCC12CC3CC(CC(C3)C1)C2.CCS(=O)(=O)N(C/C=C(\C)CCC=C(C)C)CCCC12CC3CC(CC(C3)C1)C2.Cl.Cl. The van der Waals surface area contributed by atoms with Crippen molar-refractivity contribution in [3.05, 3.63) is 69.9 Å². The van der Waals surface area contributed by atoms with Crippen molar-refractivity contribution < 1.29 is 25.3 Å². The molecule has 0 heterocycles. The van der Waals surface area contributed by atoms with Crippen LogP contribution in [-0.2, 0) is 29.1 Å². The summed E-state index contributed by atoms with van der Waals surface area (Å²) in [7, 11) is -4.78. The van der Waals surface area contributed by atoms with Crippen LogP contribution in [0.1, 0.15) is 277 Å². The number of halogens is 3. The van der Waals surface area contributed by atoms with Gasteiger partial charge in [-0.3, -0.25) is 0 Å². The Morgan fingerprint density at radius 1 is 0.451 bits per heavy atom. The van der Waals surface area contributed by atoms with Gasteiger partial charge < -0.3 is 5.32 Å². The summed E-state index contributed by atoms with van der Waals surface area (Å²) < 4.78 is 73.7. The zero-order chi connectivity index (χ0) is 64.3. The molecule has 12 fully saturated rings. The van der Waals surface area contributed by atoms with Crippen molar-refractivity contribution in [3.63, 3.8) is 0 Å². The van der Waals surface area contributed by atoms with Gasteiger partial charge in [-0.2, -0.15) is 8.61 Å². The molecule has 0 amide bonds. The van der Waals surface area contributed by atoms with Crippen molar-refractivity contribution in [3.8, 4) is 0 Å². The maximum absolute atomic E-state index is 12.7. The van der Waals surface area contributed by atoms with Gasteiger partial charge in [-0.1, -0.05) is 84.2 Å². The van der Waals surface area contributed by atoms with E-state index < -0.39 is 29.1 Å². The quantitative estimate of drug-likeness (QED) is 0.0404. The van der Waals surface area contributed by atoms with Crippen molar-refractivity contribution in [2.75, 3.05) is 56.5 Å². The standard InChI is InChI=1S/2C25H43NO2S.C23H39N.C2H5ClO2S.CH4.2ClH/c2*1-5-29(27,28)26(13-10-21(4)9-6-8-20(2)3)12-7-11-25-17-22-14-23(18-25)16-24(15-22)19-25;1-17(2)6-4-7-18(3)9-11-24-10-5-8-23-21-13-19-12-20(15-21)16-22(23)14-19;1-2-6(3,4)5;;;/h2*8,10,22-24H,5-7,9,11-19H2,1-4H3;6,9,19-24H,4-5,7-8,10-16H2,1-3H3;2H2,1H3;1H4;2*1H/b2*21-10+;18-9+;;;;. The highest BCUT2D eigenvalue weighted by Gasteiger charge is 2.52. The maximum Gasteiger partial charge on any atom is 0.232 e. The summed E-state index contributed by atoms with van der Waals surface area (Å²) in [4.78, 5) is 0. The fourth-order valence-electron chi connectivity index (χ4n) is 19.4. The van der Waals surface area contributed by atoms with Crippen LogP contribution in [0.4, 0.5) is 0 Å². The van der Waals surface area contributed by atoms with Crippen molar-refractivity contribution in [1.29, 1.82) is 0 Å². The van der Waals surface area contributed by atoms with Crippen LogP contribution in [0, 0.1) is 75.9 Å². The molecule has 0 aromatic heterocycles.